The Kier molecular flexibility index (Phi) is 4.05. The lowest BCUT2D eigenvalue weighted by Crippen LogP contribution is -2.07. The third-order valence-electron chi connectivity index (χ3n) is 2.71. The smallest absolute Gasteiger partial charge is 0.195 e. The van der Waals surface area contributed by atoms with Gasteiger partial charge in [0, 0.05) is 5.56 Å². The van der Waals surface area contributed by atoms with Gasteiger partial charge >= 0.3 is 0 Å². The first-order chi connectivity index (χ1) is 9.60. The summed E-state index contributed by atoms with van der Waals surface area (Å²) in [5.41, 5.74) is 0.304. The molecule has 0 aliphatic heterocycles. The van der Waals surface area contributed by atoms with Crippen LogP contribution in [-0.2, 0) is 0 Å². The number of rotatable bonds is 2. The maximum Gasteiger partial charge on any atom is 0.195 e. The Morgan fingerprint density at radius 2 is 1.70 bits per heavy atom. The van der Waals surface area contributed by atoms with Gasteiger partial charge in [-0.05, 0) is 6.07 Å². The molecular weight excluding hydrogens is 295 g/mol. The van der Waals surface area contributed by atoms with Gasteiger partial charge in [-0.3, -0.25) is 4.79 Å². The van der Waals surface area contributed by atoms with Crippen molar-refractivity contribution in [1.29, 1.82) is 10.5 Å². The van der Waals surface area contributed by atoms with Crippen molar-refractivity contribution in [2.24, 2.45) is 0 Å². The van der Waals surface area contributed by atoms with Crippen LogP contribution in [0.15, 0.2) is 36.4 Å². The van der Waals surface area contributed by atoms with E-state index in [1.165, 1.54) is 6.07 Å². The minimum absolute atomic E-state index is 0.0175. The summed E-state index contributed by atoms with van der Waals surface area (Å²) in [4.78, 5) is 12.5. The van der Waals surface area contributed by atoms with Crippen molar-refractivity contribution in [3.05, 3.63) is 68.7 Å². The molecule has 0 radical (unpaired) electrons. The van der Waals surface area contributed by atoms with E-state index in [1.807, 2.05) is 12.1 Å². The zero-order chi connectivity index (χ0) is 14.7. The van der Waals surface area contributed by atoms with E-state index in [1.54, 1.807) is 30.3 Å². The number of hydrogen-bond donors (Lipinski definition) is 0. The largest absolute Gasteiger partial charge is 0.289 e. The third kappa shape index (κ3) is 2.38. The molecule has 0 saturated heterocycles. The molecule has 2 aromatic carbocycles. The summed E-state index contributed by atoms with van der Waals surface area (Å²) in [7, 11) is 0. The van der Waals surface area contributed by atoms with Gasteiger partial charge < -0.3 is 0 Å². The second-order valence-corrected chi connectivity index (χ2v) is 4.67. The molecule has 5 heteroatoms. The first-order valence-corrected chi connectivity index (χ1v) is 6.27. The summed E-state index contributed by atoms with van der Waals surface area (Å²) in [6.45, 7) is 0. The zero-order valence-electron chi connectivity index (χ0n) is 10.0. The lowest BCUT2D eigenvalue weighted by molar-refractivity contribution is 0.103. The van der Waals surface area contributed by atoms with Crippen molar-refractivity contribution in [2.75, 3.05) is 0 Å². The van der Waals surface area contributed by atoms with E-state index in [4.69, 9.17) is 28.5 Å². The van der Waals surface area contributed by atoms with Crippen LogP contribution in [0.4, 0.5) is 0 Å². The maximum atomic E-state index is 12.5. The SMILES string of the molecule is N#Cc1cc(Cl)c(Cl)c(C(=O)c2ccccc2)c1C#N. The van der Waals surface area contributed by atoms with E-state index in [-0.39, 0.29) is 26.7 Å². The van der Waals surface area contributed by atoms with Gasteiger partial charge in [0.1, 0.15) is 12.1 Å². The number of hydrogen-bond acceptors (Lipinski definition) is 3. The molecule has 2 rings (SSSR count). The Balaban J connectivity index is 2.75. The second kappa shape index (κ2) is 5.75. The van der Waals surface area contributed by atoms with Crippen molar-refractivity contribution in [3.8, 4) is 12.1 Å². The summed E-state index contributed by atoms with van der Waals surface area (Å²) in [6, 6.07) is 13.3. The average Bonchev–Trinajstić information content (AvgIpc) is 2.49. The summed E-state index contributed by atoms with van der Waals surface area (Å²) in [6.07, 6.45) is 0. The molecule has 0 aliphatic rings. The fourth-order valence-electron chi connectivity index (χ4n) is 1.78. The fourth-order valence-corrected chi connectivity index (χ4v) is 2.22. The molecule has 0 fully saturated rings. The van der Waals surface area contributed by atoms with E-state index in [0.717, 1.165) is 0 Å². The first kappa shape index (κ1) is 14.1. The minimum atomic E-state index is -0.439. The van der Waals surface area contributed by atoms with Crippen molar-refractivity contribution in [3.63, 3.8) is 0 Å². The van der Waals surface area contributed by atoms with Crippen molar-refractivity contribution < 1.29 is 4.79 Å². The quantitative estimate of drug-likeness (QED) is 0.788. The molecule has 0 bridgehead atoms. The molecular formula is C15H6Cl2N2O. The number of benzene rings is 2. The summed E-state index contributed by atoms with van der Waals surface area (Å²) >= 11 is 12.0. The fraction of sp³-hybridized carbons (Fsp3) is 0. The topological polar surface area (TPSA) is 64.7 Å². The van der Waals surface area contributed by atoms with Crippen LogP contribution in [0.2, 0.25) is 10.0 Å². The van der Waals surface area contributed by atoms with Crippen LogP contribution < -0.4 is 0 Å². The maximum absolute atomic E-state index is 12.5. The molecule has 0 N–H and O–H groups in total. The zero-order valence-corrected chi connectivity index (χ0v) is 11.5. The predicted molar refractivity (Wildman–Crippen MR) is 75.8 cm³/mol. The molecule has 96 valence electrons. The predicted octanol–water partition coefficient (Wildman–Crippen LogP) is 3.97. The molecule has 20 heavy (non-hydrogen) atoms. The summed E-state index contributed by atoms with van der Waals surface area (Å²) in [5, 5.41) is 18.3. The van der Waals surface area contributed by atoms with E-state index in [2.05, 4.69) is 0 Å². The Hall–Kier alpha value is -2.33. The number of nitriles is 2. The lowest BCUT2D eigenvalue weighted by atomic mass is 9.95. The molecule has 0 spiro atoms. The Morgan fingerprint density at radius 1 is 1.05 bits per heavy atom. The van der Waals surface area contributed by atoms with Gasteiger partial charge in [0.05, 0.1) is 26.7 Å². The Labute approximate surface area is 125 Å². The van der Waals surface area contributed by atoms with Crippen molar-refractivity contribution >= 4 is 29.0 Å². The van der Waals surface area contributed by atoms with Gasteiger partial charge in [0.25, 0.3) is 0 Å². The standard InChI is InChI=1S/C15H6Cl2N2O/c16-12-6-10(7-18)11(8-19)13(14(12)17)15(20)9-4-2-1-3-5-9/h1-6H. The van der Waals surface area contributed by atoms with E-state index in [0.29, 0.717) is 5.56 Å². The average molecular weight is 301 g/mol. The highest BCUT2D eigenvalue weighted by Gasteiger charge is 2.22. The highest BCUT2D eigenvalue weighted by atomic mass is 35.5. The van der Waals surface area contributed by atoms with Crippen LogP contribution in [-0.4, -0.2) is 5.78 Å². The van der Waals surface area contributed by atoms with Crippen LogP contribution in [0.5, 0.6) is 0 Å². The van der Waals surface area contributed by atoms with Crippen molar-refractivity contribution in [1.82, 2.24) is 0 Å². The first-order valence-electron chi connectivity index (χ1n) is 5.52. The summed E-state index contributed by atoms with van der Waals surface area (Å²) < 4.78 is 0. The molecule has 0 aliphatic carbocycles. The molecule has 0 unspecified atom stereocenters. The van der Waals surface area contributed by atoms with Gasteiger partial charge in [-0.15, -0.1) is 0 Å². The van der Waals surface area contributed by atoms with Crippen LogP contribution in [0, 0.1) is 22.7 Å². The normalized spacial score (nSPS) is 9.60. The highest BCUT2D eigenvalue weighted by Crippen LogP contribution is 2.32. The Bertz CT molecular complexity index is 771. The highest BCUT2D eigenvalue weighted by molar-refractivity contribution is 6.44. The van der Waals surface area contributed by atoms with Crippen molar-refractivity contribution in [2.45, 2.75) is 0 Å². The third-order valence-corrected chi connectivity index (χ3v) is 3.50. The lowest BCUT2D eigenvalue weighted by Gasteiger charge is -2.09. The number of ketones is 1. The number of carbonyl (C=O) groups is 1. The monoisotopic (exact) mass is 300 g/mol. The van der Waals surface area contributed by atoms with Gasteiger partial charge in [0.2, 0.25) is 0 Å². The molecule has 3 nitrogen and oxygen atoms in total. The number of carbonyl (C=O) groups excluding carboxylic acids is 1. The molecule has 2 aromatic rings. The Morgan fingerprint density at radius 3 is 2.25 bits per heavy atom. The molecule has 0 amide bonds. The van der Waals surface area contributed by atoms with Gasteiger partial charge in [-0.1, -0.05) is 53.5 Å². The van der Waals surface area contributed by atoms with Gasteiger partial charge in [0.15, 0.2) is 5.78 Å². The van der Waals surface area contributed by atoms with Crippen LogP contribution in [0.25, 0.3) is 0 Å². The molecule has 0 heterocycles. The molecule has 0 atom stereocenters. The molecule has 0 saturated carbocycles. The van der Waals surface area contributed by atoms with Gasteiger partial charge in [-0.2, -0.15) is 10.5 Å². The summed E-state index contributed by atoms with van der Waals surface area (Å²) in [5.74, 6) is -0.439. The van der Waals surface area contributed by atoms with E-state index >= 15 is 0 Å². The van der Waals surface area contributed by atoms with E-state index in [9.17, 15) is 10.1 Å². The van der Waals surface area contributed by atoms with Crippen LogP contribution in [0.3, 0.4) is 0 Å². The number of halogens is 2. The van der Waals surface area contributed by atoms with E-state index < -0.39 is 5.78 Å². The van der Waals surface area contributed by atoms with Crippen LogP contribution >= 0.6 is 23.2 Å². The van der Waals surface area contributed by atoms with Gasteiger partial charge in [-0.25, -0.2) is 0 Å². The molecule has 0 aromatic heterocycles. The number of nitrogens with zero attached hydrogens (tertiary/aromatic N) is 2. The van der Waals surface area contributed by atoms with Crippen LogP contribution in [0.1, 0.15) is 27.0 Å². The minimum Gasteiger partial charge on any atom is -0.289 e. The second-order valence-electron chi connectivity index (χ2n) is 3.89.